The Hall–Kier alpha value is -2.04. The predicted molar refractivity (Wildman–Crippen MR) is 86.8 cm³/mol. The number of carbonyl (C=O) groups excluding carboxylic acids is 2. The van der Waals surface area contributed by atoms with Crippen LogP contribution in [-0.4, -0.2) is 43.5 Å². The topological polar surface area (TPSA) is 58.6 Å². The average Bonchev–Trinajstić information content (AvgIpc) is 2.46. The van der Waals surface area contributed by atoms with Crippen LogP contribution in [0.5, 0.6) is 5.75 Å². The van der Waals surface area contributed by atoms with Crippen LogP contribution >= 0.6 is 0 Å². The fourth-order valence-corrected chi connectivity index (χ4v) is 2.14. The highest BCUT2D eigenvalue weighted by molar-refractivity contribution is 5.78. The van der Waals surface area contributed by atoms with E-state index in [1.807, 2.05) is 24.3 Å². The molecule has 2 amide bonds. The molecule has 0 saturated heterocycles. The maximum absolute atomic E-state index is 11.9. The molecule has 1 rings (SSSR count). The van der Waals surface area contributed by atoms with Crippen molar-refractivity contribution in [2.75, 3.05) is 26.7 Å². The number of rotatable bonds is 8. The van der Waals surface area contributed by atoms with Crippen molar-refractivity contribution in [1.29, 1.82) is 0 Å². The smallest absolute Gasteiger partial charge is 0.224 e. The van der Waals surface area contributed by atoms with Crippen LogP contribution in [-0.2, 0) is 16.0 Å². The largest absolute Gasteiger partial charge is 0.497 e. The molecule has 0 aliphatic rings. The molecule has 0 bridgehead atoms. The molecule has 0 heterocycles. The van der Waals surface area contributed by atoms with Gasteiger partial charge in [0.05, 0.1) is 13.5 Å². The van der Waals surface area contributed by atoms with E-state index in [0.717, 1.165) is 11.3 Å². The normalized spacial score (nSPS) is 10.4. The zero-order chi connectivity index (χ0) is 16.5. The number of methoxy groups -OCH3 is 1. The van der Waals surface area contributed by atoms with Gasteiger partial charge in [0.25, 0.3) is 0 Å². The molecule has 0 fully saturated rings. The Bertz CT molecular complexity index is 483. The first kappa shape index (κ1) is 18.0. The number of nitrogens with one attached hydrogen (secondary N) is 1. The van der Waals surface area contributed by atoms with Gasteiger partial charge < -0.3 is 15.0 Å². The van der Waals surface area contributed by atoms with Crippen LogP contribution in [0.1, 0.15) is 26.3 Å². The fraction of sp³-hybridized carbons (Fsp3) is 0.529. The Kier molecular flexibility index (Phi) is 7.43. The maximum atomic E-state index is 11.9. The number of benzene rings is 1. The highest BCUT2D eigenvalue weighted by atomic mass is 16.5. The van der Waals surface area contributed by atoms with E-state index in [2.05, 4.69) is 19.2 Å². The summed E-state index contributed by atoms with van der Waals surface area (Å²) in [5, 5.41) is 2.85. The first-order chi connectivity index (χ1) is 10.4. The van der Waals surface area contributed by atoms with Gasteiger partial charge in [-0.1, -0.05) is 26.0 Å². The van der Waals surface area contributed by atoms with Gasteiger partial charge in [-0.2, -0.15) is 0 Å². The second-order valence-corrected chi connectivity index (χ2v) is 5.73. The Balaban J connectivity index is 2.36. The molecule has 0 aromatic heterocycles. The van der Waals surface area contributed by atoms with Gasteiger partial charge in [-0.3, -0.25) is 9.59 Å². The molecule has 0 spiro atoms. The standard InChI is InChI=1S/C17H26N2O3/c1-13(2)12-19(14(3)20)10-9-18-17(21)11-15-5-7-16(22-4)8-6-15/h5-8,13H,9-12H2,1-4H3,(H,18,21). The van der Waals surface area contributed by atoms with Crippen molar-refractivity contribution in [3.63, 3.8) is 0 Å². The number of hydrogen-bond donors (Lipinski definition) is 1. The van der Waals surface area contributed by atoms with Crippen LogP contribution in [0.3, 0.4) is 0 Å². The summed E-state index contributed by atoms with van der Waals surface area (Å²) in [5.41, 5.74) is 0.934. The number of nitrogens with zero attached hydrogens (tertiary/aromatic N) is 1. The summed E-state index contributed by atoms with van der Waals surface area (Å²) in [4.78, 5) is 25.2. The van der Waals surface area contributed by atoms with E-state index in [-0.39, 0.29) is 11.8 Å². The Morgan fingerprint density at radius 1 is 1.23 bits per heavy atom. The van der Waals surface area contributed by atoms with Gasteiger partial charge in [-0.15, -0.1) is 0 Å². The summed E-state index contributed by atoms with van der Waals surface area (Å²) in [5.74, 6) is 1.19. The van der Waals surface area contributed by atoms with Gasteiger partial charge in [-0.05, 0) is 23.6 Å². The van der Waals surface area contributed by atoms with E-state index in [1.165, 1.54) is 0 Å². The van der Waals surface area contributed by atoms with Gasteiger partial charge >= 0.3 is 0 Å². The average molecular weight is 306 g/mol. The zero-order valence-electron chi connectivity index (χ0n) is 13.9. The fourth-order valence-electron chi connectivity index (χ4n) is 2.14. The molecular formula is C17H26N2O3. The van der Waals surface area contributed by atoms with Crippen LogP contribution in [0.15, 0.2) is 24.3 Å². The predicted octanol–water partition coefficient (Wildman–Crippen LogP) is 1.86. The highest BCUT2D eigenvalue weighted by Crippen LogP contribution is 2.11. The first-order valence-corrected chi connectivity index (χ1v) is 7.57. The van der Waals surface area contributed by atoms with E-state index in [4.69, 9.17) is 4.74 Å². The van der Waals surface area contributed by atoms with Crippen molar-refractivity contribution in [1.82, 2.24) is 10.2 Å². The molecule has 0 radical (unpaired) electrons. The summed E-state index contributed by atoms with van der Waals surface area (Å²) in [6, 6.07) is 7.42. The van der Waals surface area contributed by atoms with Crippen LogP contribution in [0.25, 0.3) is 0 Å². The Morgan fingerprint density at radius 3 is 2.36 bits per heavy atom. The third-order valence-corrected chi connectivity index (χ3v) is 3.26. The van der Waals surface area contributed by atoms with Crippen LogP contribution in [0.2, 0.25) is 0 Å². The van der Waals surface area contributed by atoms with Crippen molar-refractivity contribution in [3.8, 4) is 5.75 Å². The maximum Gasteiger partial charge on any atom is 0.224 e. The summed E-state index contributed by atoms with van der Waals surface area (Å²) in [6.45, 7) is 7.42. The Morgan fingerprint density at radius 2 is 1.86 bits per heavy atom. The minimum absolute atomic E-state index is 0.0399. The van der Waals surface area contributed by atoms with E-state index in [0.29, 0.717) is 32.0 Å². The summed E-state index contributed by atoms with van der Waals surface area (Å²) >= 11 is 0. The van der Waals surface area contributed by atoms with Crippen LogP contribution in [0, 0.1) is 5.92 Å². The first-order valence-electron chi connectivity index (χ1n) is 7.57. The lowest BCUT2D eigenvalue weighted by Gasteiger charge is -2.23. The van der Waals surface area contributed by atoms with Crippen molar-refractivity contribution in [2.24, 2.45) is 5.92 Å². The monoisotopic (exact) mass is 306 g/mol. The molecule has 22 heavy (non-hydrogen) atoms. The lowest BCUT2D eigenvalue weighted by Crippen LogP contribution is -2.39. The summed E-state index contributed by atoms with van der Waals surface area (Å²) < 4.78 is 5.08. The van der Waals surface area contributed by atoms with Crippen molar-refractivity contribution in [2.45, 2.75) is 27.2 Å². The second kappa shape index (κ2) is 9.07. The van der Waals surface area contributed by atoms with E-state index >= 15 is 0 Å². The highest BCUT2D eigenvalue weighted by Gasteiger charge is 2.11. The van der Waals surface area contributed by atoms with E-state index in [9.17, 15) is 9.59 Å². The molecule has 0 aliphatic heterocycles. The van der Waals surface area contributed by atoms with Crippen LogP contribution in [0.4, 0.5) is 0 Å². The quantitative estimate of drug-likeness (QED) is 0.797. The van der Waals surface area contributed by atoms with Gasteiger partial charge in [0.15, 0.2) is 0 Å². The Labute approximate surface area is 132 Å². The molecule has 5 nitrogen and oxygen atoms in total. The van der Waals surface area contributed by atoms with Gasteiger partial charge in [0.2, 0.25) is 11.8 Å². The third-order valence-electron chi connectivity index (χ3n) is 3.26. The molecule has 1 N–H and O–H groups in total. The van der Waals surface area contributed by atoms with Crippen molar-refractivity contribution in [3.05, 3.63) is 29.8 Å². The summed E-state index contributed by atoms with van der Waals surface area (Å²) in [6.07, 6.45) is 0.328. The molecule has 122 valence electrons. The molecule has 0 aliphatic carbocycles. The number of ether oxygens (including phenoxy) is 1. The molecule has 0 saturated carbocycles. The van der Waals surface area contributed by atoms with Gasteiger partial charge in [0.1, 0.15) is 5.75 Å². The minimum atomic E-state index is -0.0433. The van der Waals surface area contributed by atoms with Crippen molar-refractivity contribution >= 4 is 11.8 Å². The molecule has 0 unspecified atom stereocenters. The molecular weight excluding hydrogens is 280 g/mol. The number of amides is 2. The van der Waals surface area contributed by atoms with Gasteiger partial charge in [0, 0.05) is 26.6 Å². The van der Waals surface area contributed by atoms with E-state index < -0.39 is 0 Å². The minimum Gasteiger partial charge on any atom is -0.497 e. The number of carbonyl (C=O) groups is 2. The lowest BCUT2D eigenvalue weighted by atomic mass is 10.1. The molecule has 5 heteroatoms. The second-order valence-electron chi connectivity index (χ2n) is 5.73. The third kappa shape index (κ3) is 6.61. The lowest BCUT2D eigenvalue weighted by molar-refractivity contribution is -0.130. The molecule has 1 aromatic carbocycles. The van der Waals surface area contributed by atoms with Crippen LogP contribution < -0.4 is 10.1 Å². The SMILES string of the molecule is COc1ccc(CC(=O)NCCN(CC(C)C)C(C)=O)cc1. The van der Waals surface area contributed by atoms with Gasteiger partial charge in [-0.25, -0.2) is 0 Å². The summed E-state index contributed by atoms with van der Waals surface area (Å²) in [7, 11) is 1.61. The number of hydrogen-bond acceptors (Lipinski definition) is 3. The molecule has 1 aromatic rings. The molecule has 0 atom stereocenters. The van der Waals surface area contributed by atoms with E-state index in [1.54, 1.807) is 18.9 Å². The zero-order valence-corrected chi connectivity index (χ0v) is 13.9. The van der Waals surface area contributed by atoms with Crippen molar-refractivity contribution < 1.29 is 14.3 Å².